The third-order valence-corrected chi connectivity index (χ3v) is 7.75. The third-order valence-electron chi connectivity index (χ3n) is 5.37. The van der Waals surface area contributed by atoms with Gasteiger partial charge in [0.25, 0.3) is 0 Å². The standard InChI is InChI=1S/C22H27ClN2O4S/c1-16-14-24(11-10-18-6-8-20(23)9-7-18)15-17(2)25(16)30(28,29)21-5-3-4-19(12-21)13-22(26)27/h3-9,12,16-17H,10-11,13-15H2,1-2H3,(H,26,27). The summed E-state index contributed by atoms with van der Waals surface area (Å²) in [5, 5.41) is 9.71. The van der Waals surface area contributed by atoms with Crippen molar-refractivity contribution in [2.75, 3.05) is 19.6 Å². The van der Waals surface area contributed by atoms with Crippen LogP contribution in [0.2, 0.25) is 5.02 Å². The van der Waals surface area contributed by atoms with E-state index < -0.39 is 16.0 Å². The fraction of sp³-hybridized carbons (Fsp3) is 0.409. The molecule has 162 valence electrons. The zero-order valence-electron chi connectivity index (χ0n) is 17.2. The molecule has 30 heavy (non-hydrogen) atoms. The highest BCUT2D eigenvalue weighted by atomic mass is 35.5. The Labute approximate surface area is 183 Å². The zero-order chi connectivity index (χ0) is 21.9. The average Bonchev–Trinajstić information content (AvgIpc) is 2.66. The fourth-order valence-corrected chi connectivity index (χ4v) is 6.13. The van der Waals surface area contributed by atoms with Gasteiger partial charge in [0.1, 0.15) is 0 Å². The van der Waals surface area contributed by atoms with Gasteiger partial charge < -0.3 is 5.11 Å². The van der Waals surface area contributed by atoms with Crippen LogP contribution < -0.4 is 0 Å². The minimum absolute atomic E-state index is 0.148. The number of benzene rings is 2. The quantitative estimate of drug-likeness (QED) is 0.700. The molecular weight excluding hydrogens is 424 g/mol. The number of hydrogen-bond acceptors (Lipinski definition) is 4. The van der Waals surface area contributed by atoms with E-state index >= 15 is 0 Å². The van der Waals surface area contributed by atoms with E-state index in [4.69, 9.17) is 16.7 Å². The maximum atomic E-state index is 13.3. The van der Waals surface area contributed by atoms with Crippen LogP contribution in [-0.4, -0.2) is 60.4 Å². The van der Waals surface area contributed by atoms with Gasteiger partial charge in [-0.2, -0.15) is 4.31 Å². The van der Waals surface area contributed by atoms with Crippen LogP contribution in [-0.2, 0) is 27.7 Å². The van der Waals surface area contributed by atoms with Gasteiger partial charge in [0.05, 0.1) is 11.3 Å². The molecule has 1 heterocycles. The van der Waals surface area contributed by atoms with Gasteiger partial charge in [-0.3, -0.25) is 9.69 Å². The first-order valence-electron chi connectivity index (χ1n) is 9.98. The molecule has 1 fully saturated rings. The molecule has 1 aliphatic rings. The molecule has 3 rings (SSSR count). The second kappa shape index (κ2) is 9.47. The molecule has 0 saturated carbocycles. The second-order valence-electron chi connectivity index (χ2n) is 7.89. The molecule has 1 aliphatic heterocycles. The number of sulfonamides is 1. The van der Waals surface area contributed by atoms with Crippen molar-refractivity contribution in [2.24, 2.45) is 0 Å². The van der Waals surface area contributed by atoms with Gasteiger partial charge in [-0.15, -0.1) is 0 Å². The van der Waals surface area contributed by atoms with E-state index in [-0.39, 0.29) is 23.4 Å². The Hall–Kier alpha value is -1.93. The van der Waals surface area contributed by atoms with Gasteiger partial charge in [-0.1, -0.05) is 35.9 Å². The van der Waals surface area contributed by atoms with Gasteiger partial charge in [0, 0.05) is 36.7 Å². The summed E-state index contributed by atoms with van der Waals surface area (Å²) in [6.45, 7) is 5.98. The van der Waals surface area contributed by atoms with Gasteiger partial charge in [-0.05, 0) is 55.7 Å². The molecule has 0 aromatic heterocycles. The first kappa shape index (κ1) is 22.7. The topological polar surface area (TPSA) is 77.9 Å². The predicted octanol–water partition coefficient (Wildman–Crippen LogP) is 3.29. The highest BCUT2D eigenvalue weighted by Crippen LogP contribution is 2.26. The highest BCUT2D eigenvalue weighted by molar-refractivity contribution is 7.89. The lowest BCUT2D eigenvalue weighted by molar-refractivity contribution is -0.136. The van der Waals surface area contributed by atoms with E-state index in [2.05, 4.69) is 4.90 Å². The maximum Gasteiger partial charge on any atom is 0.307 e. The van der Waals surface area contributed by atoms with Crippen molar-refractivity contribution in [2.45, 2.75) is 43.7 Å². The van der Waals surface area contributed by atoms with Crippen molar-refractivity contribution in [1.29, 1.82) is 0 Å². The summed E-state index contributed by atoms with van der Waals surface area (Å²) in [5.41, 5.74) is 1.68. The first-order chi connectivity index (χ1) is 14.2. The molecule has 2 unspecified atom stereocenters. The first-order valence-corrected chi connectivity index (χ1v) is 11.8. The molecule has 2 atom stereocenters. The Kier molecular flexibility index (Phi) is 7.18. The van der Waals surface area contributed by atoms with E-state index in [1.54, 1.807) is 16.4 Å². The number of piperazine rings is 1. The molecule has 0 amide bonds. The van der Waals surface area contributed by atoms with Crippen molar-refractivity contribution in [3.05, 3.63) is 64.7 Å². The Bertz CT molecular complexity index is 982. The van der Waals surface area contributed by atoms with Crippen LogP contribution in [0.4, 0.5) is 0 Å². The van der Waals surface area contributed by atoms with Crippen molar-refractivity contribution < 1.29 is 18.3 Å². The van der Waals surface area contributed by atoms with E-state index in [9.17, 15) is 13.2 Å². The number of carboxylic acids is 1. The van der Waals surface area contributed by atoms with E-state index in [1.807, 2.05) is 38.1 Å². The average molecular weight is 451 g/mol. The maximum absolute atomic E-state index is 13.3. The smallest absolute Gasteiger partial charge is 0.307 e. The molecule has 2 aromatic carbocycles. The van der Waals surface area contributed by atoms with Crippen LogP contribution in [0.5, 0.6) is 0 Å². The van der Waals surface area contributed by atoms with Gasteiger partial charge in [0.15, 0.2) is 0 Å². The lowest BCUT2D eigenvalue weighted by atomic mass is 10.1. The van der Waals surface area contributed by atoms with Crippen LogP contribution in [0.15, 0.2) is 53.4 Å². The van der Waals surface area contributed by atoms with Crippen molar-refractivity contribution in [3.8, 4) is 0 Å². The van der Waals surface area contributed by atoms with Crippen molar-refractivity contribution >= 4 is 27.6 Å². The summed E-state index contributed by atoms with van der Waals surface area (Å²) in [6.07, 6.45) is 0.674. The molecule has 0 aliphatic carbocycles. The van der Waals surface area contributed by atoms with Crippen LogP contribution in [0.1, 0.15) is 25.0 Å². The summed E-state index contributed by atoms with van der Waals surface area (Å²) < 4.78 is 28.2. The summed E-state index contributed by atoms with van der Waals surface area (Å²) in [6, 6.07) is 13.6. The number of hydrogen-bond donors (Lipinski definition) is 1. The number of carboxylic acid groups (broad SMARTS) is 1. The van der Waals surface area contributed by atoms with Crippen LogP contribution in [0, 0.1) is 0 Å². The number of rotatable bonds is 7. The number of carbonyl (C=O) groups is 1. The van der Waals surface area contributed by atoms with E-state index in [0.717, 1.165) is 13.0 Å². The molecular formula is C22H27ClN2O4S. The van der Waals surface area contributed by atoms with Crippen LogP contribution in [0.25, 0.3) is 0 Å². The minimum atomic E-state index is -3.71. The molecule has 0 radical (unpaired) electrons. The second-order valence-corrected chi connectivity index (χ2v) is 10.2. The number of halogens is 1. The summed E-state index contributed by atoms with van der Waals surface area (Å²) in [5.74, 6) is -0.986. The third kappa shape index (κ3) is 5.40. The van der Waals surface area contributed by atoms with Gasteiger partial charge in [0.2, 0.25) is 10.0 Å². The summed E-state index contributed by atoms with van der Waals surface area (Å²) in [7, 11) is -3.71. The number of nitrogens with zero attached hydrogens (tertiary/aromatic N) is 2. The van der Waals surface area contributed by atoms with Crippen LogP contribution in [0.3, 0.4) is 0 Å². The molecule has 1 saturated heterocycles. The van der Waals surface area contributed by atoms with E-state index in [0.29, 0.717) is 23.7 Å². The normalized spacial score (nSPS) is 20.9. The zero-order valence-corrected chi connectivity index (χ0v) is 18.7. The molecule has 2 aromatic rings. The highest BCUT2D eigenvalue weighted by Gasteiger charge is 2.38. The monoisotopic (exact) mass is 450 g/mol. The Morgan fingerprint density at radius 2 is 1.70 bits per heavy atom. The van der Waals surface area contributed by atoms with Gasteiger partial charge in [-0.25, -0.2) is 8.42 Å². The Morgan fingerprint density at radius 1 is 1.07 bits per heavy atom. The van der Waals surface area contributed by atoms with E-state index in [1.165, 1.54) is 17.7 Å². The molecule has 0 spiro atoms. The minimum Gasteiger partial charge on any atom is -0.481 e. The fourth-order valence-electron chi connectivity index (χ4n) is 4.12. The Morgan fingerprint density at radius 3 is 2.30 bits per heavy atom. The summed E-state index contributed by atoms with van der Waals surface area (Å²) >= 11 is 5.94. The largest absolute Gasteiger partial charge is 0.481 e. The summed E-state index contributed by atoms with van der Waals surface area (Å²) in [4.78, 5) is 13.4. The lowest BCUT2D eigenvalue weighted by Gasteiger charge is -2.43. The molecule has 0 bridgehead atoms. The molecule has 8 heteroatoms. The van der Waals surface area contributed by atoms with Crippen molar-refractivity contribution in [1.82, 2.24) is 9.21 Å². The SMILES string of the molecule is CC1CN(CCc2ccc(Cl)cc2)CC(C)N1S(=O)(=O)c1cccc(CC(=O)O)c1. The van der Waals surface area contributed by atoms with Gasteiger partial charge >= 0.3 is 5.97 Å². The molecule has 6 nitrogen and oxygen atoms in total. The lowest BCUT2D eigenvalue weighted by Crippen LogP contribution is -2.58. The van der Waals surface area contributed by atoms with Crippen LogP contribution >= 0.6 is 11.6 Å². The Balaban J connectivity index is 1.70. The molecule has 1 N–H and O–H groups in total. The van der Waals surface area contributed by atoms with Crippen molar-refractivity contribution in [3.63, 3.8) is 0 Å². The number of aliphatic carboxylic acids is 1. The predicted molar refractivity (Wildman–Crippen MR) is 117 cm³/mol.